The fourth-order valence-corrected chi connectivity index (χ4v) is 3.71. The Morgan fingerprint density at radius 3 is 2.72 bits per heavy atom. The number of aromatic hydroxyl groups is 1. The van der Waals surface area contributed by atoms with Gasteiger partial charge in [-0.1, -0.05) is 36.4 Å². The molecule has 1 saturated heterocycles. The number of nitrogens with zero attached hydrogens (tertiary/aromatic N) is 2. The molecule has 0 aromatic heterocycles. The number of nitrogens with one attached hydrogen (secondary N) is 2. The van der Waals surface area contributed by atoms with Crippen molar-refractivity contribution in [1.29, 1.82) is 0 Å². The van der Waals surface area contributed by atoms with E-state index in [-0.39, 0.29) is 5.75 Å². The van der Waals surface area contributed by atoms with Crippen molar-refractivity contribution >= 4 is 5.96 Å². The van der Waals surface area contributed by atoms with Gasteiger partial charge in [-0.2, -0.15) is 0 Å². The zero-order valence-electron chi connectivity index (χ0n) is 17.4. The highest BCUT2D eigenvalue weighted by atomic mass is 16.5. The smallest absolute Gasteiger partial charge is 0.191 e. The molecule has 3 N–H and O–H groups in total. The van der Waals surface area contributed by atoms with E-state index < -0.39 is 0 Å². The predicted octanol–water partition coefficient (Wildman–Crippen LogP) is 3.12. The van der Waals surface area contributed by atoms with E-state index in [1.54, 1.807) is 19.2 Å². The van der Waals surface area contributed by atoms with Gasteiger partial charge >= 0.3 is 0 Å². The summed E-state index contributed by atoms with van der Waals surface area (Å²) in [5.74, 6) is 1.41. The third kappa shape index (κ3) is 6.12. The molecule has 2 aromatic rings. The van der Waals surface area contributed by atoms with Gasteiger partial charge in [0.25, 0.3) is 0 Å². The van der Waals surface area contributed by atoms with Crippen molar-refractivity contribution in [2.24, 2.45) is 4.99 Å². The standard InChI is InChI=1S/C23H32N4O2/c1-3-24-23(25-15-19-11-12-22(29-2)21(28)14-19)26-16-20-10-7-13-27(20)17-18-8-5-4-6-9-18/h4-6,8-9,11-12,14,20,28H,3,7,10,13,15-17H2,1-2H3,(H2,24,25,26). The summed E-state index contributed by atoms with van der Waals surface area (Å²) in [5, 5.41) is 16.8. The number of guanidine groups is 1. The number of rotatable bonds is 8. The third-order valence-corrected chi connectivity index (χ3v) is 5.24. The molecular weight excluding hydrogens is 364 g/mol. The summed E-state index contributed by atoms with van der Waals surface area (Å²) in [5.41, 5.74) is 2.30. The van der Waals surface area contributed by atoms with E-state index in [4.69, 9.17) is 4.74 Å². The molecular formula is C23H32N4O2. The summed E-state index contributed by atoms with van der Waals surface area (Å²) in [7, 11) is 1.55. The number of hydrogen-bond acceptors (Lipinski definition) is 4. The van der Waals surface area contributed by atoms with Crippen molar-refractivity contribution in [2.45, 2.75) is 38.9 Å². The highest BCUT2D eigenvalue weighted by molar-refractivity contribution is 5.79. The maximum atomic E-state index is 9.95. The Kier molecular flexibility index (Phi) is 7.76. The first-order valence-electron chi connectivity index (χ1n) is 10.4. The molecule has 29 heavy (non-hydrogen) atoms. The summed E-state index contributed by atoms with van der Waals surface area (Å²) in [6, 6.07) is 16.5. The van der Waals surface area contributed by atoms with Gasteiger partial charge in [0.05, 0.1) is 13.7 Å². The lowest BCUT2D eigenvalue weighted by molar-refractivity contribution is 0.245. The molecule has 1 atom stereocenters. The van der Waals surface area contributed by atoms with E-state index in [0.717, 1.165) is 37.7 Å². The molecule has 1 heterocycles. The first-order valence-corrected chi connectivity index (χ1v) is 10.4. The van der Waals surface area contributed by atoms with Crippen LogP contribution in [-0.4, -0.2) is 48.8 Å². The number of phenolic OH excluding ortho intramolecular Hbond substituents is 1. The molecule has 0 saturated carbocycles. The average molecular weight is 397 g/mol. The SMILES string of the molecule is CCNC(=NCc1ccc(OC)c(O)c1)NCC1CCCN1Cc1ccccc1. The van der Waals surface area contributed by atoms with Crippen molar-refractivity contribution in [3.63, 3.8) is 0 Å². The summed E-state index contributed by atoms with van der Waals surface area (Å²) < 4.78 is 5.10. The quantitative estimate of drug-likeness (QED) is 0.472. The molecule has 1 aliphatic heterocycles. The maximum absolute atomic E-state index is 9.95. The fourth-order valence-electron chi connectivity index (χ4n) is 3.71. The van der Waals surface area contributed by atoms with Crippen molar-refractivity contribution < 1.29 is 9.84 Å². The second kappa shape index (κ2) is 10.7. The Morgan fingerprint density at radius 2 is 2.00 bits per heavy atom. The Morgan fingerprint density at radius 1 is 1.17 bits per heavy atom. The first-order chi connectivity index (χ1) is 14.2. The van der Waals surface area contributed by atoms with Crippen LogP contribution in [0.1, 0.15) is 30.9 Å². The number of aliphatic imine (C=N–C) groups is 1. The van der Waals surface area contributed by atoms with Gasteiger partial charge in [0.15, 0.2) is 17.5 Å². The minimum atomic E-state index is 0.140. The molecule has 1 unspecified atom stereocenters. The Labute approximate surface area is 173 Å². The molecule has 0 aliphatic carbocycles. The van der Waals surface area contributed by atoms with Gasteiger partial charge in [-0.3, -0.25) is 4.90 Å². The van der Waals surface area contributed by atoms with Crippen LogP contribution in [-0.2, 0) is 13.1 Å². The van der Waals surface area contributed by atoms with Crippen LogP contribution in [0.2, 0.25) is 0 Å². The van der Waals surface area contributed by atoms with Gasteiger partial charge in [-0.05, 0) is 49.6 Å². The van der Waals surface area contributed by atoms with Crippen LogP contribution in [0.5, 0.6) is 11.5 Å². The minimum absolute atomic E-state index is 0.140. The van der Waals surface area contributed by atoms with Crippen molar-refractivity contribution in [2.75, 3.05) is 26.7 Å². The Balaban J connectivity index is 1.56. The summed E-state index contributed by atoms with van der Waals surface area (Å²) in [4.78, 5) is 7.22. The lowest BCUT2D eigenvalue weighted by Crippen LogP contribution is -2.44. The number of likely N-dealkylation sites (tertiary alicyclic amines) is 1. The van der Waals surface area contributed by atoms with Crippen molar-refractivity contribution in [3.8, 4) is 11.5 Å². The molecule has 1 aliphatic rings. The number of benzene rings is 2. The molecule has 0 radical (unpaired) electrons. The van der Waals surface area contributed by atoms with E-state index >= 15 is 0 Å². The first kappa shape index (κ1) is 21.0. The predicted molar refractivity (Wildman–Crippen MR) is 117 cm³/mol. The molecule has 2 aromatic carbocycles. The van der Waals surface area contributed by atoms with Gasteiger partial charge in [0.1, 0.15) is 0 Å². The van der Waals surface area contributed by atoms with E-state index in [1.807, 2.05) is 6.07 Å². The minimum Gasteiger partial charge on any atom is -0.504 e. The van der Waals surface area contributed by atoms with Crippen LogP contribution in [0.25, 0.3) is 0 Å². The summed E-state index contributed by atoms with van der Waals surface area (Å²) in [6.45, 7) is 6.36. The Bertz CT molecular complexity index is 795. The van der Waals surface area contributed by atoms with Crippen LogP contribution in [0.4, 0.5) is 0 Å². The third-order valence-electron chi connectivity index (χ3n) is 5.24. The highest BCUT2D eigenvalue weighted by Gasteiger charge is 2.24. The van der Waals surface area contributed by atoms with Crippen LogP contribution < -0.4 is 15.4 Å². The second-order valence-corrected chi connectivity index (χ2v) is 7.33. The summed E-state index contributed by atoms with van der Waals surface area (Å²) >= 11 is 0. The van der Waals surface area contributed by atoms with E-state index in [0.29, 0.717) is 18.3 Å². The van der Waals surface area contributed by atoms with Crippen molar-refractivity contribution in [3.05, 3.63) is 59.7 Å². The average Bonchev–Trinajstić information content (AvgIpc) is 3.18. The zero-order chi connectivity index (χ0) is 20.5. The van der Waals surface area contributed by atoms with E-state index in [1.165, 1.54) is 18.4 Å². The second-order valence-electron chi connectivity index (χ2n) is 7.33. The van der Waals surface area contributed by atoms with Gasteiger partial charge in [-0.15, -0.1) is 0 Å². The van der Waals surface area contributed by atoms with Gasteiger partial charge in [0.2, 0.25) is 0 Å². The molecule has 0 amide bonds. The van der Waals surface area contributed by atoms with Crippen LogP contribution in [0, 0.1) is 0 Å². The van der Waals surface area contributed by atoms with Gasteiger partial charge in [0, 0.05) is 25.7 Å². The van der Waals surface area contributed by atoms with E-state index in [9.17, 15) is 5.11 Å². The topological polar surface area (TPSA) is 69.1 Å². The monoisotopic (exact) mass is 396 g/mol. The van der Waals surface area contributed by atoms with Crippen LogP contribution in [0.3, 0.4) is 0 Å². The number of phenols is 1. The molecule has 156 valence electrons. The largest absolute Gasteiger partial charge is 0.504 e. The number of hydrogen-bond donors (Lipinski definition) is 3. The Hall–Kier alpha value is -2.73. The molecule has 3 rings (SSSR count). The van der Waals surface area contributed by atoms with E-state index in [2.05, 4.69) is 57.8 Å². The van der Waals surface area contributed by atoms with Crippen LogP contribution in [0.15, 0.2) is 53.5 Å². The van der Waals surface area contributed by atoms with Gasteiger partial charge in [-0.25, -0.2) is 4.99 Å². The highest BCUT2D eigenvalue weighted by Crippen LogP contribution is 2.26. The van der Waals surface area contributed by atoms with Gasteiger partial charge < -0.3 is 20.5 Å². The normalized spacial score (nSPS) is 17.3. The lowest BCUT2D eigenvalue weighted by Gasteiger charge is -2.25. The molecule has 6 nitrogen and oxygen atoms in total. The lowest BCUT2D eigenvalue weighted by atomic mass is 10.2. The molecule has 6 heteroatoms. The number of ether oxygens (including phenoxy) is 1. The summed E-state index contributed by atoms with van der Waals surface area (Å²) in [6.07, 6.45) is 2.43. The maximum Gasteiger partial charge on any atom is 0.191 e. The fraction of sp³-hybridized carbons (Fsp3) is 0.435. The van der Waals surface area contributed by atoms with Crippen LogP contribution >= 0.6 is 0 Å². The molecule has 1 fully saturated rings. The molecule has 0 spiro atoms. The zero-order valence-corrected chi connectivity index (χ0v) is 17.4. The van der Waals surface area contributed by atoms with Crippen molar-refractivity contribution in [1.82, 2.24) is 15.5 Å². The molecule has 0 bridgehead atoms. The number of methoxy groups -OCH3 is 1.